The van der Waals surface area contributed by atoms with E-state index in [9.17, 15) is 14.4 Å². The number of isocyanates is 3. The summed E-state index contributed by atoms with van der Waals surface area (Å²) in [5.41, 5.74) is 5.52. The summed E-state index contributed by atoms with van der Waals surface area (Å²) >= 11 is 0. The van der Waals surface area contributed by atoms with Gasteiger partial charge in [-0.1, -0.05) is 24.3 Å². The Morgan fingerprint density at radius 2 is 1.32 bits per heavy atom. The molecule has 0 amide bonds. The Hall–Kier alpha value is -3.42. The van der Waals surface area contributed by atoms with Gasteiger partial charge in [0.25, 0.3) is 0 Å². The second kappa shape index (κ2) is 10.6. The zero-order chi connectivity index (χ0) is 22.2. The lowest BCUT2D eigenvalue weighted by Crippen LogP contribution is -2.30. The van der Waals surface area contributed by atoms with E-state index in [1.54, 1.807) is 18.2 Å². The first-order chi connectivity index (χ1) is 15.1. The van der Waals surface area contributed by atoms with Crippen LogP contribution in [0.1, 0.15) is 41.5 Å². The molecule has 3 rings (SSSR count). The minimum Gasteiger partial charge on any atom is -0.211 e. The van der Waals surface area contributed by atoms with Crippen LogP contribution in [-0.4, -0.2) is 24.3 Å². The second-order valence-corrected chi connectivity index (χ2v) is 8.17. The van der Waals surface area contributed by atoms with Crippen LogP contribution in [0.25, 0.3) is 0 Å². The molecule has 0 bridgehead atoms. The summed E-state index contributed by atoms with van der Waals surface area (Å²) in [6.07, 6.45) is 9.00. The first-order valence-electron chi connectivity index (χ1n) is 10.5. The number of hydrogen-bond donors (Lipinski definition) is 0. The van der Waals surface area contributed by atoms with Crippen LogP contribution in [0.4, 0.5) is 11.4 Å². The van der Waals surface area contributed by atoms with Gasteiger partial charge in [-0.2, -0.15) is 9.98 Å². The van der Waals surface area contributed by atoms with E-state index in [2.05, 4.69) is 15.0 Å². The molecule has 1 aliphatic rings. The van der Waals surface area contributed by atoms with Gasteiger partial charge in [0.1, 0.15) is 0 Å². The molecule has 6 nitrogen and oxygen atoms in total. The van der Waals surface area contributed by atoms with E-state index in [0.717, 1.165) is 54.4 Å². The molecule has 0 heterocycles. The molecule has 31 heavy (non-hydrogen) atoms. The summed E-state index contributed by atoms with van der Waals surface area (Å²) < 4.78 is 0. The van der Waals surface area contributed by atoms with Crippen molar-refractivity contribution in [1.82, 2.24) is 0 Å². The fraction of sp³-hybridized carbons (Fsp3) is 0.400. The quantitative estimate of drug-likeness (QED) is 0.463. The molecular weight excluding hydrogens is 390 g/mol. The maximum atomic E-state index is 10.9. The van der Waals surface area contributed by atoms with E-state index in [0.29, 0.717) is 17.3 Å². The van der Waals surface area contributed by atoms with Gasteiger partial charge >= 0.3 is 0 Å². The SMILES string of the molecule is Cc1cccc(N=C=O)c1CC1CCC(N=C=O)CC1Cc1c(C)cccc1N=C=O. The molecule has 6 heteroatoms. The predicted octanol–water partition coefficient (Wildman–Crippen LogP) is 5.14. The number of nitrogens with zero attached hydrogens (tertiary/aromatic N) is 3. The number of carbonyl (C=O) groups excluding carboxylic acids is 3. The third-order valence-electron chi connectivity index (χ3n) is 6.38. The summed E-state index contributed by atoms with van der Waals surface area (Å²) in [7, 11) is 0. The summed E-state index contributed by atoms with van der Waals surface area (Å²) in [4.78, 5) is 44.5. The zero-order valence-corrected chi connectivity index (χ0v) is 17.8. The van der Waals surface area contributed by atoms with Crippen LogP contribution in [-0.2, 0) is 27.2 Å². The molecule has 158 valence electrons. The lowest BCUT2D eigenvalue weighted by Gasteiger charge is -2.35. The molecule has 0 aliphatic heterocycles. The van der Waals surface area contributed by atoms with Crippen molar-refractivity contribution in [3.63, 3.8) is 0 Å². The van der Waals surface area contributed by atoms with Crippen LogP contribution in [0.15, 0.2) is 51.4 Å². The molecule has 1 fully saturated rings. The third-order valence-corrected chi connectivity index (χ3v) is 6.38. The standard InChI is InChI=1S/C25H25N3O3/c1-17-5-3-7-24(27-15-30)22(17)12-19-9-10-21(26-14-29)11-20(19)13-23-18(2)6-4-8-25(23)28-16-31/h3-8,19-21H,9-13H2,1-2H3. The molecule has 0 saturated heterocycles. The zero-order valence-electron chi connectivity index (χ0n) is 17.8. The monoisotopic (exact) mass is 415 g/mol. The van der Waals surface area contributed by atoms with Crippen LogP contribution >= 0.6 is 0 Å². The third kappa shape index (κ3) is 5.39. The maximum absolute atomic E-state index is 10.9. The van der Waals surface area contributed by atoms with Crippen molar-refractivity contribution in [2.24, 2.45) is 26.8 Å². The van der Waals surface area contributed by atoms with Crippen molar-refractivity contribution < 1.29 is 14.4 Å². The Morgan fingerprint density at radius 1 is 0.774 bits per heavy atom. The van der Waals surface area contributed by atoms with E-state index < -0.39 is 0 Å². The molecule has 0 aromatic heterocycles. The average Bonchev–Trinajstić information content (AvgIpc) is 2.75. The van der Waals surface area contributed by atoms with Gasteiger partial charge < -0.3 is 0 Å². The molecule has 3 unspecified atom stereocenters. The van der Waals surface area contributed by atoms with Gasteiger partial charge in [0, 0.05) is 0 Å². The highest BCUT2D eigenvalue weighted by Crippen LogP contribution is 2.40. The Morgan fingerprint density at radius 3 is 1.84 bits per heavy atom. The number of rotatable bonds is 7. The lowest BCUT2D eigenvalue weighted by molar-refractivity contribution is 0.214. The fourth-order valence-electron chi connectivity index (χ4n) is 4.75. The van der Waals surface area contributed by atoms with Crippen LogP contribution in [0, 0.1) is 25.7 Å². The Kier molecular flexibility index (Phi) is 7.59. The Labute approximate surface area is 181 Å². The van der Waals surface area contributed by atoms with E-state index in [1.165, 1.54) is 0 Å². The van der Waals surface area contributed by atoms with Crippen molar-refractivity contribution in [2.45, 2.75) is 52.0 Å². The Bertz CT molecular complexity index is 1090. The van der Waals surface area contributed by atoms with Gasteiger partial charge in [-0.05, 0) is 92.2 Å². The first kappa shape index (κ1) is 22.3. The van der Waals surface area contributed by atoms with Gasteiger partial charge in [-0.15, -0.1) is 0 Å². The summed E-state index contributed by atoms with van der Waals surface area (Å²) in [6.45, 7) is 4.03. The summed E-state index contributed by atoms with van der Waals surface area (Å²) in [5, 5.41) is 0. The molecule has 1 saturated carbocycles. The van der Waals surface area contributed by atoms with Gasteiger partial charge in [-0.3, -0.25) is 0 Å². The van der Waals surface area contributed by atoms with Crippen LogP contribution in [0.5, 0.6) is 0 Å². The van der Waals surface area contributed by atoms with Crippen molar-refractivity contribution in [3.8, 4) is 0 Å². The number of aliphatic imine (C=N–C) groups is 3. The smallest absolute Gasteiger partial charge is 0.211 e. The molecule has 0 N–H and O–H groups in total. The highest BCUT2D eigenvalue weighted by molar-refractivity contribution is 5.57. The molecule has 0 radical (unpaired) electrons. The van der Waals surface area contributed by atoms with Crippen molar-refractivity contribution in [3.05, 3.63) is 58.7 Å². The largest absolute Gasteiger partial charge is 0.240 e. The predicted molar refractivity (Wildman–Crippen MR) is 118 cm³/mol. The number of hydrogen-bond acceptors (Lipinski definition) is 6. The van der Waals surface area contributed by atoms with E-state index in [-0.39, 0.29) is 12.0 Å². The van der Waals surface area contributed by atoms with Crippen LogP contribution in [0.2, 0.25) is 0 Å². The minimum atomic E-state index is -0.0508. The van der Waals surface area contributed by atoms with Crippen molar-refractivity contribution in [1.29, 1.82) is 0 Å². The van der Waals surface area contributed by atoms with Crippen molar-refractivity contribution >= 4 is 29.6 Å². The summed E-state index contributed by atoms with van der Waals surface area (Å²) in [6, 6.07) is 11.4. The highest BCUT2D eigenvalue weighted by atomic mass is 16.1. The molecule has 3 atom stereocenters. The molecular formula is C25H25N3O3. The van der Waals surface area contributed by atoms with Crippen molar-refractivity contribution in [2.75, 3.05) is 0 Å². The van der Waals surface area contributed by atoms with Crippen LogP contribution in [0.3, 0.4) is 0 Å². The molecule has 2 aromatic rings. The summed E-state index contributed by atoms with van der Waals surface area (Å²) in [5.74, 6) is 0.540. The van der Waals surface area contributed by atoms with E-state index >= 15 is 0 Å². The number of aryl methyl sites for hydroxylation is 2. The average molecular weight is 415 g/mol. The fourth-order valence-corrected chi connectivity index (χ4v) is 4.75. The molecule has 1 aliphatic carbocycles. The van der Waals surface area contributed by atoms with Crippen LogP contribution < -0.4 is 0 Å². The number of benzene rings is 2. The van der Waals surface area contributed by atoms with E-state index in [1.807, 2.05) is 50.2 Å². The normalized spacial score (nSPS) is 20.1. The topological polar surface area (TPSA) is 88.3 Å². The van der Waals surface area contributed by atoms with Gasteiger partial charge in [-0.25, -0.2) is 19.4 Å². The minimum absolute atomic E-state index is 0.0508. The second-order valence-electron chi connectivity index (χ2n) is 8.17. The Balaban J connectivity index is 1.96. The molecule has 0 spiro atoms. The van der Waals surface area contributed by atoms with Gasteiger partial charge in [0.15, 0.2) is 0 Å². The molecule has 2 aromatic carbocycles. The highest BCUT2D eigenvalue weighted by Gasteiger charge is 2.32. The maximum Gasteiger partial charge on any atom is 0.240 e. The van der Waals surface area contributed by atoms with Gasteiger partial charge in [0.2, 0.25) is 18.2 Å². The first-order valence-corrected chi connectivity index (χ1v) is 10.5. The van der Waals surface area contributed by atoms with Gasteiger partial charge in [0.05, 0.1) is 17.4 Å². The van der Waals surface area contributed by atoms with E-state index in [4.69, 9.17) is 0 Å². The lowest BCUT2D eigenvalue weighted by atomic mass is 9.71.